The van der Waals surface area contributed by atoms with E-state index in [2.05, 4.69) is 24.3 Å². The van der Waals surface area contributed by atoms with Gasteiger partial charge in [0.15, 0.2) is 5.79 Å². The quantitative estimate of drug-likeness (QED) is 0.924. The average molecular weight is 290 g/mol. The van der Waals surface area contributed by atoms with Gasteiger partial charge in [0.1, 0.15) is 0 Å². The van der Waals surface area contributed by atoms with E-state index in [1.807, 2.05) is 13.0 Å². The molecule has 0 aromatic heterocycles. The summed E-state index contributed by atoms with van der Waals surface area (Å²) in [5.74, 6) is -0.229. The molecule has 0 spiro atoms. The largest absolute Gasteiger partial charge is 0.393 e. The average Bonchev–Trinajstić information content (AvgIpc) is 2.54. The smallest absolute Gasteiger partial charge is 0.166 e. The van der Waals surface area contributed by atoms with E-state index >= 15 is 0 Å². The number of aryl methyl sites for hydroxylation is 1. The number of benzene rings is 1. The first-order chi connectivity index (χ1) is 10.2. The van der Waals surface area contributed by atoms with E-state index in [1.54, 1.807) is 0 Å². The third kappa shape index (κ3) is 3.15. The van der Waals surface area contributed by atoms with E-state index in [-0.39, 0.29) is 12.2 Å². The number of ether oxygens (including phenoxy) is 2. The monoisotopic (exact) mass is 290 g/mol. The van der Waals surface area contributed by atoms with Gasteiger partial charge in [-0.25, -0.2) is 0 Å². The Labute approximate surface area is 127 Å². The van der Waals surface area contributed by atoms with Crippen LogP contribution in [0.2, 0.25) is 0 Å². The molecule has 1 saturated heterocycles. The Kier molecular flexibility index (Phi) is 4.34. The third-order valence-electron chi connectivity index (χ3n) is 5.13. The summed E-state index contributed by atoms with van der Waals surface area (Å²) in [6.07, 6.45) is 6.19. The molecule has 1 aliphatic heterocycles. The molecule has 1 N–H and O–H groups in total. The van der Waals surface area contributed by atoms with E-state index < -0.39 is 5.79 Å². The van der Waals surface area contributed by atoms with Crippen molar-refractivity contribution in [3.63, 3.8) is 0 Å². The highest BCUT2D eigenvalue weighted by molar-refractivity contribution is 5.15. The summed E-state index contributed by atoms with van der Waals surface area (Å²) < 4.78 is 12.4. The van der Waals surface area contributed by atoms with Crippen LogP contribution in [0, 0.1) is 5.92 Å². The van der Waals surface area contributed by atoms with Gasteiger partial charge in [0.05, 0.1) is 18.8 Å². The van der Waals surface area contributed by atoms with E-state index in [9.17, 15) is 5.11 Å². The van der Waals surface area contributed by atoms with Crippen LogP contribution < -0.4 is 0 Å². The summed E-state index contributed by atoms with van der Waals surface area (Å²) in [4.78, 5) is 0. The van der Waals surface area contributed by atoms with Crippen molar-refractivity contribution in [1.29, 1.82) is 0 Å². The first-order valence-electron chi connectivity index (χ1n) is 8.15. The van der Waals surface area contributed by atoms with Crippen LogP contribution in [0.4, 0.5) is 0 Å². The van der Waals surface area contributed by atoms with Gasteiger partial charge < -0.3 is 14.6 Å². The van der Waals surface area contributed by atoms with E-state index in [4.69, 9.17) is 9.47 Å². The molecule has 3 heteroatoms. The van der Waals surface area contributed by atoms with Gasteiger partial charge >= 0.3 is 0 Å². The normalized spacial score (nSPS) is 36.2. The first kappa shape index (κ1) is 15.0. The first-order valence-corrected chi connectivity index (χ1v) is 8.15. The summed E-state index contributed by atoms with van der Waals surface area (Å²) >= 11 is 0. The zero-order valence-corrected chi connectivity index (χ0v) is 12.9. The zero-order valence-electron chi connectivity index (χ0n) is 12.9. The van der Waals surface area contributed by atoms with Crippen LogP contribution in [-0.4, -0.2) is 29.7 Å². The summed E-state index contributed by atoms with van der Waals surface area (Å²) in [5.41, 5.74) is 0.928. The molecule has 2 fully saturated rings. The number of fused-ring (bicyclic) bond motifs is 1. The fraction of sp³-hybridized carbons (Fsp3) is 0.667. The molecule has 2 aliphatic rings. The maximum Gasteiger partial charge on any atom is 0.166 e. The van der Waals surface area contributed by atoms with Gasteiger partial charge in [-0.15, -0.1) is 0 Å². The van der Waals surface area contributed by atoms with Crippen LogP contribution in [0.25, 0.3) is 0 Å². The maximum atomic E-state index is 9.91. The minimum absolute atomic E-state index is 0.113. The molecule has 3 atom stereocenters. The molecule has 0 amide bonds. The van der Waals surface area contributed by atoms with Gasteiger partial charge in [0, 0.05) is 12.3 Å². The second kappa shape index (κ2) is 6.07. The second-order valence-corrected chi connectivity index (χ2v) is 6.70. The molecule has 1 heterocycles. The molecular formula is C18H26O3. The Hall–Kier alpha value is -0.900. The topological polar surface area (TPSA) is 38.7 Å². The van der Waals surface area contributed by atoms with Crippen LogP contribution in [0.1, 0.15) is 44.6 Å². The molecule has 0 bridgehead atoms. The lowest BCUT2D eigenvalue weighted by Crippen LogP contribution is -2.59. The van der Waals surface area contributed by atoms with Gasteiger partial charge in [-0.2, -0.15) is 0 Å². The van der Waals surface area contributed by atoms with Crippen molar-refractivity contribution < 1.29 is 14.6 Å². The van der Waals surface area contributed by atoms with Crippen molar-refractivity contribution in [3.8, 4) is 0 Å². The van der Waals surface area contributed by atoms with Gasteiger partial charge in [-0.05, 0) is 31.7 Å². The summed E-state index contributed by atoms with van der Waals surface area (Å²) in [7, 11) is 0. The number of aliphatic hydroxyl groups is 1. The van der Waals surface area contributed by atoms with Crippen molar-refractivity contribution >= 4 is 0 Å². The fourth-order valence-electron chi connectivity index (χ4n) is 3.77. The molecule has 3 rings (SSSR count). The molecule has 1 aromatic carbocycles. The summed E-state index contributed by atoms with van der Waals surface area (Å²) in [6.45, 7) is 2.85. The Bertz CT molecular complexity index is 461. The van der Waals surface area contributed by atoms with E-state index in [0.717, 1.165) is 32.1 Å². The van der Waals surface area contributed by atoms with Crippen molar-refractivity contribution in [3.05, 3.63) is 35.9 Å². The predicted octanol–water partition coefficient (Wildman–Crippen LogP) is 3.30. The highest BCUT2D eigenvalue weighted by atomic mass is 16.7. The van der Waals surface area contributed by atoms with Crippen LogP contribution >= 0.6 is 0 Å². The van der Waals surface area contributed by atoms with Crippen molar-refractivity contribution in [1.82, 2.24) is 0 Å². The van der Waals surface area contributed by atoms with E-state index in [1.165, 1.54) is 12.0 Å². The summed E-state index contributed by atoms with van der Waals surface area (Å²) in [5, 5.41) is 9.91. The lowest BCUT2D eigenvalue weighted by molar-refractivity contribution is -0.355. The lowest BCUT2D eigenvalue weighted by atomic mass is 9.75. The molecule has 116 valence electrons. The fourth-order valence-corrected chi connectivity index (χ4v) is 3.77. The van der Waals surface area contributed by atoms with Gasteiger partial charge in [0.2, 0.25) is 0 Å². The van der Waals surface area contributed by atoms with Crippen molar-refractivity contribution in [2.45, 2.75) is 56.8 Å². The van der Waals surface area contributed by atoms with Crippen LogP contribution in [0.15, 0.2) is 30.3 Å². The highest BCUT2D eigenvalue weighted by Crippen LogP contribution is 2.44. The predicted molar refractivity (Wildman–Crippen MR) is 82.0 cm³/mol. The number of rotatable bonds is 4. The third-order valence-corrected chi connectivity index (χ3v) is 5.13. The molecule has 3 nitrogen and oxygen atoms in total. The number of aliphatic hydroxyl groups excluding tert-OH is 1. The van der Waals surface area contributed by atoms with Gasteiger partial charge in [-0.3, -0.25) is 0 Å². The lowest BCUT2D eigenvalue weighted by Gasteiger charge is -2.52. The van der Waals surface area contributed by atoms with Crippen LogP contribution in [0.3, 0.4) is 0 Å². The van der Waals surface area contributed by atoms with Crippen LogP contribution in [0.5, 0.6) is 0 Å². The van der Waals surface area contributed by atoms with Gasteiger partial charge in [-0.1, -0.05) is 43.2 Å². The van der Waals surface area contributed by atoms with Crippen molar-refractivity contribution in [2.24, 2.45) is 5.92 Å². The second-order valence-electron chi connectivity index (χ2n) is 6.70. The van der Waals surface area contributed by atoms with Gasteiger partial charge in [0.25, 0.3) is 0 Å². The zero-order chi connectivity index (χ0) is 14.8. The molecule has 0 radical (unpaired) electrons. The molecule has 0 unspecified atom stereocenters. The molecule has 1 aromatic rings. The Balaban J connectivity index is 1.67. The molecule has 21 heavy (non-hydrogen) atoms. The van der Waals surface area contributed by atoms with Crippen molar-refractivity contribution in [2.75, 3.05) is 13.2 Å². The summed E-state index contributed by atoms with van der Waals surface area (Å²) in [6, 6.07) is 10.4. The minimum Gasteiger partial charge on any atom is -0.393 e. The molecular weight excluding hydrogens is 264 g/mol. The van der Waals surface area contributed by atoms with E-state index in [0.29, 0.717) is 12.5 Å². The SMILES string of the molecule is C[C@]1(CCc2ccccc2)OC[C@@H]2CCCC[C@@]2(CO)O1. The molecule has 1 saturated carbocycles. The number of hydrogen-bond acceptors (Lipinski definition) is 3. The Morgan fingerprint density at radius 1 is 1.24 bits per heavy atom. The standard InChI is InChI=1S/C18H26O3/c1-17(12-10-15-7-3-2-4-8-15)20-13-16-9-5-6-11-18(16,14-19)21-17/h2-4,7-8,16,19H,5-6,9-14H2,1H3/t16-,17-,18-/m0/s1. The maximum absolute atomic E-state index is 9.91. The van der Waals surface area contributed by atoms with Crippen LogP contribution in [-0.2, 0) is 15.9 Å². The number of hydrogen-bond donors (Lipinski definition) is 1. The highest BCUT2D eigenvalue weighted by Gasteiger charge is 2.50. The Morgan fingerprint density at radius 2 is 2.05 bits per heavy atom. The minimum atomic E-state index is -0.577. The molecule has 1 aliphatic carbocycles. The Morgan fingerprint density at radius 3 is 2.81 bits per heavy atom.